The molecule has 16 heavy (non-hydrogen) atoms. The van der Waals surface area contributed by atoms with Crippen LogP contribution in [0.3, 0.4) is 0 Å². The Labute approximate surface area is 99.9 Å². The van der Waals surface area contributed by atoms with Crippen molar-refractivity contribution in [1.82, 2.24) is 0 Å². The highest BCUT2D eigenvalue weighted by molar-refractivity contribution is 6.21. The summed E-state index contributed by atoms with van der Waals surface area (Å²) in [7, 11) is 0. The Balaban J connectivity index is 1.79. The fraction of sp³-hybridized carbons (Fsp3) is 0.500. The molecule has 1 aromatic rings. The van der Waals surface area contributed by atoms with Crippen molar-refractivity contribution in [3.63, 3.8) is 0 Å². The van der Waals surface area contributed by atoms with Crippen molar-refractivity contribution >= 4 is 11.6 Å². The lowest BCUT2D eigenvalue weighted by Gasteiger charge is -2.29. The Hall–Kier alpha value is -0.610. The molecule has 0 saturated carbocycles. The largest absolute Gasteiger partial charge is 0.391 e. The van der Waals surface area contributed by atoms with Crippen LogP contribution in [0.25, 0.3) is 0 Å². The van der Waals surface area contributed by atoms with Crippen molar-refractivity contribution in [2.24, 2.45) is 0 Å². The van der Waals surface area contributed by atoms with Crippen molar-refractivity contribution in [3.05, 3.63) is 35.9 Å². The molecule has 1 heterocycles. The normalized spacial score (nSPS) is 30.2. The second-order valence-electron chi connectivity index (χ2n) is 3.88. The fourth-order valence-electron chi connectivity index (χ4n) is 1.60. The highest BCUT2D eigenvalue weighted by Gasteiger charge is 2.28. The first kappa shape index (κ1) is 11.9. The minimum atomic E-state index is -0.545. The van der Waals surface area contributed by atoms with Crippen LogP contribution in [-0.2, 0) is 16.1 Å². The first-order valence-corrected chi connectivity index (χ1v) is 5.78. The van der Waals surface area contributed by atoms with E-state index < -0.39 is 6.10 Å². The maximum absolute atomic E-state index is 9.55. The van der Waals surface area contributed by atoms with E-state index in [0.717, 1.165) is 5.56 Å². The summed E-state index contributed by atoms with van der Waals surface area (Å²) >= 11 is 5.82. The van der Waals surface area contributed by atoms with E-state index in [1.807, 2.05) is 30.3 Å². The first-order valence-electron chi connectivity index (χ1n) is 5.35. The van der Waals surface area contributed by atoms with Gasteiger partial charge in [-0.1, -0.05) is 30.3 Å². The van der Waals surface area contributed by atoms with Crippen molar-refractivity contribution in [3.8, 4) is 0 Å². The van der Waals surface area contributed by atoms with E-state index in [-0.39, 0.29) is 11.7 Å². The van der Waals surface area contributed by atoms with Crippen LogP contribution in [0.1, 0.15) is 12.0 Å². The van der Waals surface area contributed by atoms with Gasteiger partial charge in [-0.2, -0.15) is 0 Å². The Morgan fingerprint density at radius 1 is 1.38 bits per heavy atom. The Kier molecular flexibility index (Phi) is 4.18. The molecule has 0 unspecified atom stereocenters. The summed E-state index contributed by atoms with van der Waals surface area (Å²) in [4.78, 5) is 0. The predicted molar refractivity (Wildman–Crippen MR) is 61.2 cm³/mol. The van der Waals surface area contributed by atoms with Crippen molar-refractivity contribution in [2.75, 3.05) is 6.61 Å². The third kappa shape index (κ3) is 3.19. The Morgan fingerprint density at radius 2 is 2.12 bits per heavy atom. The molecular formula is C12H15ClO3. The van der Waals surface area contributed by atoms with Crippen LogP contribution in [0.2, 0.25) is 0 Å². The van der Waals surface area contributed by atoms with Crippen molar-refractivity contribution in [2.45, 2.75) is 30.8 Å². The van der Waals surface area contributed by atoms with E-state index in [4.69, 9.17) is 21.1 Å². The zero-order valence-corrected chi connectivity index (χ0v) is 9.64. The maximum Gasteiger partial charge on any atom is 0.160 e. The van der Waals surface area contributed by atoms with Crippen LogP contribution in [0.5, 0.6) is 0 Å². The zero-order valence-electron chi connectivity index (χ0n) is 8.88. The minimum Gasteiger partial charge on any atom is -0.391 e. The SMILES string of the molecule is O[C@H]1C[C@H](OCc2ccccc2)OC[C@@H]1Cl. The molecule has 3 atom stereocenters. The number of alkyl halides is 1. The molecule has 1 saturated heterocycles. The van der Waals surface area contributed by atoms with E-state index >= 15 is 0 Å². The molecule has 3 nitrogen and oxygen atoms in total. The number of hydrogen-bond donors (Lipinski definition) is 1. The molecule has 1 N–H and O–H groups in total. The van der Waals surface area contributed by atoms with Crippen LogP contribution >= 0.6 is 11.6 Å². The van der Waals surface area contributed by atoms with Gasteiger partial charge in [0, 0.05) is 6.42 Å². The second kappa shape index (κ2) is 5.64. The topological polar surface area (TPSA) is 38.7 Å². The highest BCUT2D eigenvalue weighted by atomic mass is 35.5. The average Bonchev–Trinajstić information content (AvgIpc) is 2.32. The summed E-state index contributed by atoms with van der Waals surface area (Å²) in [5.74, 6) is 0. The molecule has 0 aliphatic carbocycles. The minimum absolute atomic E-state index is 0.323. The number of rotatable bonds is 3. The van der Waals surface area contributed by atoms with Crippen LogP contribution in [0.15, 0.2) is 30.3 Å². The second-order valence-corrected chi connectivity index (χ2v) is 4.44. The summed E-state index contributed by atoms with van der Waals surface area (Å²) in [5, 5.41) is 9.23. The van der Waals surface area contributed by atoms with Crippen molar-refractivity contribution < 1.29 is 14.6 Å². The molecule has 4 heteroatoms. The number of ether oxygens (including phenoxy) is 2. The molecule has 1 aromatic carbocycles. The lowest BCUT2D eigenvalue weighted by atomic mass is 10.1. The number of halogens is 1. The molecule has 1 aliphatic rings. The van der Waals surface area contributed by atoms with Crippen LogP contribution in [0.4, 0.5) is 0 Å². The van der Waals surface area contributed by atoms with E-state index in [2.05, 4.69) is 0 Å². The molecular weight excluding hydrogens is 228 g/mol. The number of aliphatic hydroxyl groups excluding tert-OH is 1. The molecule has 0 amide bonds. The van der Waals surface area contributed by atoms with Crippen LogP contribution < -0.4 is 0 Å². The van der Waals surface area contributed by atoms with Gasteiger partial charge in [-0.15, -0.1) is 11.6 Å². The molecule has 0 aromatic heterocycles. The number of aliphatic hydroxyl groups is 1. The summed E-state index contributed by atoms with van der Waals surface area (Å²) in [6, 6.07) is 9.86. The standard InChI is InChI=1S/C12H15ClO3/c13-10-8-16-12(6-11(10)14)15-7-9-4-2-1-3-5-9/h1-5,10-12,14H,6-8H2/t10-,11-,12+/m0/s1. The van der Waals surface area contributed by atoms with Gasteiger partial charge in [0.1, 0.15) is 0 Å². The van der Waals surface area contributed by atoms with Gasteiger partial charge in [0.2, 0.25) is 0 Å². The molecule has 1 aliphatic heterocycles. The molecule has 0 radical (unpaired) electrons. The first-order chi connectivity index (χ1) is 7.75. The molecule has 2 rings (SSSR count). The summed E-state index contributed by atoms with van der Waals surface area (Å²) in [6.45, 7) is 0.827. The van der Waals surface area contributed by atoms with Gasteiger partial charge >= 0.3 is 0 Å². The van der Waals surface area contributed by atoms with Crippen LogP contribution in [0, 0.1) is 0 Å². The molecule has 88 valence electrons. The molecule has 0 bridgehead atoms. The van der Waals surface area contributed by atoms with E-state index in [9.17, 15) is 5.11 Å². The van der Waals surface area contributed by atoms with E-state index in [1.54, 1.807) is 0 Å². The third-order valence-corrected chi connectivity index (χ3v) is 2.99. The van der Waals surface area contributed by atoms with E-state index in [0.29, 0.717) is 19.6 Å². The highest BCUT2D eigenvalue weighted by Crippen LogP contribution is 2.20. The predicted octanol–water partition coefficient (Wildman–Crippen LogP) is 1.92. The van der Waals surface area contributed by atoms with Gasteiger partial charge in [0.15, 0.2) is 6.29 Å². The zero-order chi connectivity index (χ0) is 11.4. The third-order valence-electron chi connectivity index (χ3n) is 2.57. The van der Waals surface area contributed by atoms with Gasteiger partial charge in [0.05, 0.1) is 24.7 Å². The maximum atomic E-state index is 9.55. The number of benzene rings is 1. The summed E-state index contributed by atoms with van der Waals surface area (Å²) < 4.78 is 10.9. The molecule has 0 spiro atoms. The van der Waals surface area contributed by atoms with Gasteiger partial charge in [-0.25, -0.2) is 0 Å². The van der Waals surface area contributed by atoms with E-state index in [1.165, 1.54) is 0 Å². The lowest BCUT2D eigenvalue weighted by Crippen LogP contribution is -2.39. The summed E-state index contributed by atoms with van der Waals surface area (Å²) in [6.07, 6.45) is -0.470. The van der Waals surface area contributed by atoms with Crippen molar-refractivity contribution in [1.29, 1.82) is 0 Å². The monoisotopic (exact) mass is 242 g/mol. The Morgan fingerprint density at radius 3 is 2.81 bits per heavy atom. The van der Waals surface area contributed by atoms with Gasteiger partial charge in [-0.3, -0.25) is 0 Å². The fourth-order valence-corrected chi connectivity index (χ4v) is 1.78. The van der Waals surface area contributed by atoms with Crippen LogP contribution in [-0.4, -0.2) is 29.5 Å². The number of hydrogen-bond acceptors (Lipinski definition) is 3. The lowest BCUT2D eigenvalue weighted by molar-refractivity contribution is -0.188. The van der Waals surface area contributed by atoms with Gasteiger partial charge in [-0.05, 0) is 5.56 Å². The quantitative estimate of drug-likeness (QED) is 0.823. The average molecular weight is 243 g/mol. The summed E-state index contributed by atoms with van der Waals surface area (Å²) in [5.41, 5.74) is 1.09. The smallest absolute Gasteiger partial charge is 0.160 e. The Bertz CT molecular complexity index is 317. The van der Waals surface area contributed by atoms with Gasteiger partial charge < -0.3 is 14.6 Å². The molecule has 1 fully saturated rings. The van der Waals surface area contributed by atoms with Gasteiger partial charge in [0.25, 0.3) is 0 Å².